The summed E-state index contributed by atoms with van der Waals surface area (Å²) in [6.45, 7) is 0. The van der Waals surface area contributed by atoms with Crippen LogP contribution in [0.15, 0.2) is 53.6 Å². The van der Waals surface area contributed by atoms with Crippen LogP contribution >= 0.6 is 0 Å². The molecule has 1 aromatic heterocycles. The number of nitrogens with one attached hydrogen (secondary N) is 5. The molecule has 2 amide bonds. The number of sulfonamides is 1. The quantitative estimate of drug-likeness (QED) is 0.252. The van der Waals surface area contributed by atoms with Gasteiger partial charge in [0.2, 0.25) is 0 Å². The largest absolute Gasteiger partial charge is 0.399 e. The maximum Gasteiger partial charge on any atom is 0.345 e. The number of nitrogens with two attached hydrogens (primary N) is 1. The molecule has 0 bridgehead atoms. The van der Waals surface area contributed by atoms with Gasteiger partial charge in [0, 0.05) is 11.8 Å². The standard InChI is InChI=1S/C13H14N6O4S/c14-9-4-6-10(7-5-9)24(22,23)19-18-13(21)12(20)17-16-11-3-1-2-8-15-11/h1-8,19H,14H2,(H,15,16)(H,17,20)(H,18,21)/p+1. The topological polar surface area (TPSA) is 157 Å². The lowest BCUT2D eigenvalue weighted by Gasteiger charge is -2.08. The Morgan fingerprint density at radius 3 is 2.25 bits per heavy atom. The Bertz CT molecular complexity index is 823. The average molecular weight is 351 g/mol. The highest BCUT2D eigenvalue weighted by atomic mass is 32.2. The molecule has 1 heterocycles. The number of pyridine rings is 1. The van der Waals surface area contributed by atoms with Crippen molar-refractivity contribution >= 4 is 33.3 Å². The van der Waals surface area contributed by atoms with Gasteiger partial charge < -0.3 is 5.73 Å². The van der Waals surface area contributed by atoms with Crippen LogP contribution in [-0.4, -0.2) is 20.2 Å². The first-order valence-electron chi connectivity index (χ1n) is 6.59. The minimum absolute atomic E-state index is 0.116. The number of benzene rings is 1. The van der Waals surface area contributed by atoms with Crippen molar-refractivity contribution < 1.29 is 23.0 Å². The second kappa shape index (κ2) is 7.39. The summed E-state index contributed by atoms with van der Waals surface area (Å²) >= 11 is 0. The number of carbonyl (C=O) groups is 2. The smallest absolute Gasteiger partial charge is 0.345 e. The molecule has 0 spiro atoms. The van der Waals surface area contributed by atoms with Crippen molar-refractivity contribution in [3.05, 3.63) is 48.7 Å². The predicted molar refractivity (Wildman–Crippen MR) is 84.1 cm³/mol. The lowest BCUT2D eigenvalue weighted by Crippen LogP contribution is -2.49. The molecule has 1 aromatic carbocycles. The maximum absolute atomic E-state index is 11.9. The average Bonchev–Trinajstić information content (AvgIpc) is 2.59. The van der Waals surface area contributed by atoms with Gasteiger partial charge in [0.25, 0.3) is 15.8 Å². The Labute approximate surface area is 137 Å². The Kier molecular flexibility index (Phi) is 5.29. The summed E-state index contributed by atoms with van der Waals surface area (Å²) in [7, 11) is -4.02. The number of H-pyrrole nitrogens is 1. The fraction of sp³-hybridized carbons (Fsp3) is 0. The molecular formula is C13H15N6O4S+. The van der Waals surface area contributed by atoms with Crippen LogP contribution in [0.3, 0.4) is 0 Å². The zero-order valence-electron chi connectivity index (χ0n) is 12.2. The summed E-state index contributed by atoms with van der Waals surface area (Å²) in [5, 5.41) is 0. The first-order valence-corrected chi connectivity index (χ1v) is 8.07. The lowest BCUT2D eigenvalue weighted by molar-refractivity contribution is -0.361. The van der Waals surface area contributed by atoms with Crippen LogP contribution in [0.5, 0.6) is 0 Å². The number of hydrazine groups is 2. The van der Waals surface area contributed by atoms with Crippen molar-refractivity contribution in [3.63, 3.8) is 0 Å². The van der Waals surface area contributed by atoms with E-state index in [2.05, 4.69) is 15.8 Å². The lowest BCUT2D eigenvalue weighted by atomic mass is 10.3. The molecule has 0 fully saturated rings. The number of aromatic amines is 1. The highest BCUT2D eigenvalue weighted by Gasteiger charge is 2.19. The molecule has 0 aliphatic rings. The van der Waals surface area contributed by atoms with Crippen LogP contribution in [0.25, 0.3) is 0 Å². The van der Waals surface area contributed by atoms with Gasteiger partial charge in [0.15, 0.2) is 0 Å². The zero-order valence-corrected chi connectivity index (χ0v) is 13.1. The number of nitrogen functional groups attached to an aromatic ring is 1. The maximum atomic E-state index is 11.9. The van der Waals surface area contributed by atoms with Crippen molar-refractivity contribution in [1.82, 2.24) is 15.7 Å². The van der Waals surface area contributed by atoms with Crippen molar-refractivity contribution in [3.8, 4) is 0 Å². The van der Waals surface area contributed by atoms with Gasteiger partial charge in [-0.1, -0.05) is 6.07 Å². The van der Waals surface area contributed by atoms with Crippen molar-refractivity contribution in [1.29, 1.82) is 0 Å². The van der Waals surface area contributed by atoms with Gasteiger partial charge in [-0.05, 0) is 30.3 Å². The van der Waals surface area contributed by atoms with E-state index in [9.17, 15) is 18.0 Å². The van der Waals surface area contributed by atoms with Gasteiger partial charge in [0.1, 0.15) is 0 Å². The molecular weight excluding hydrogens is 336 g/mol. The molecule has 0 radical (unpaired) electrons. The van der Waals surface area contributed by atoms with Crippen LogP contribution in [0, 0.1) is 0 Å². The summed E-state index contributed by atoms with van der Waals surface area (Å²) in [5.41, 5.74) is 12.2. The van der Waals surface area contributed by atoms with Crippen LogP contribution in [-0.2, 0) is 19.6 Å². The molecule has 0 saturated heterocycles. The van der Waals surface area contributed by atoms with E-state index in [-0.39, 0.29) is 4.90 Å². The van der Waals surface area contributed by atoms with E-state index in [1.54, 1.807) is 29.8 Å². The zero-order chi connectivity index (χ0) is 17.6. The fourth-order valence-electron chi connectivity index (χ4n) is 1.53. The van der Waals surface area contributed by atoms with E-state index >= 15 is 0 Å². The molecule has 0 aliphatic heterocycles. The van der Waals surface area contributed by atoms with Crippen LogP contribution in [0.1, 0.15) is 0 Å². The third-order valence-electron chi connectivity index (χ3n) is 2.72. The first-order chi connectivity index (χ1) is 11.4. The fourth-order valence-corrected chi connectivity index (χ4v) is 2.37. The molecule has 11 heteroatoms. The summed E-state index contributed by atoms with van der Waals surface area (Å²) < 4.78 is 23.9. The van der Waals surface area contributed by atoms with E-state index in [4.69, 9.17) is 5.73 Å². The minimum Gasteiger partial charge on any atom is -0.399 e. The highest BCUT2D eigenvalue weighted by Crippen LogP contribution is 2.10. The monoisotopic (exact) mass is 351 g/mol. The van der Waals surface area contributed by atoms with Crippen molar-refractivity contribution in [2.24, 2.45) is 0 Å². The third-order valence-corrected chi connectivity index (χ3v) is 3.98. The minimum atomic E-state index is -4.02. The number of anilines is 2. The molecule has 10 nitrogen and oxygen atoms in total. The molecule has 24 heavy (non-hydrogen) atoms. The highest BCUT2D eigenvalue weighted by molar-refractivity contribution is 7.89. The summed E-state index contributed by atoms with van der Waals surface area (Å²) in [6, 6.07) is 10.3. The number of amides is 2. The van der Waals surface area contributed by atoms with Crippen LogP contribution in [0.2, 0.25) is 0 Å². The molecule has 0 unspecified atom stereocenters. The predicted octanol–water partition coefficient (Wildman–Crippen LogP) is -1.46. The van der Waals surface area contributed by atoms with E-state index < -0.39 is 21.8 Å². The van der Waals surface area contributed by atoms with Gasteiger partial charge >= 0.3 is 11.8 Å². The molecule has 126 valence electrons. The van der Waals surface area contributed by atoms with Crippen LogP contribution in [0.4, 0.5) is 11.5 Å². The number of hydrogen-bond donors (Lipinski definition) is 5. The molecule has 0 atom stereocenters. The van der Waals surface area contributed by atoms with Gasteiger partial charge in [-0.3, -0.25) is 15.0 Å². The van der Waals surface area contributed by atoms with E-state index in [0.29, 0.717) is 11.5 Å². The Morgan fingerprint density at radius 1 is 0.958 bits per heavy atom. The second-order valence-corrected chi connectivity index (χ2v) is 6.17. The molecule has 2 rings (SSSR count). The molecule has 0 saturated carbocycles. The molecule has 7 N–H and O–H groups in total. The second-order valence-electron chi connectivity index (χ2n) is 4.48. The summed E-state index contributed by atoms with van der Waals surface area (Å²) in [6.07, 6.45) is 1.61. The van der Waals surface area contributed by atoms with Gasteiger partial charge in [-0.2, -0.15) is 10.9 Å². The van der Waals surface area contributed by atoms with E-state index in [0.717, 1.165) is 0 Å². The van der Waals surface area contributed by atoms with Crippen molar-refractivity contribution in [2.75, 3.05) is 11.2 Å². The third kappa shape index (κ3) is 4.66. The molecule has 2 aromatic rings. The Hall–Kier alpha value is -3.18. The Balaban J connectivity index is 1.87. The van der Waals surface area contributed by atoms with Crippen molar-refractivity contribution in [2.45, 2.75) is 4.90 Å². The van der Waals surface area contributed by atoms with Crippen LogP contribution < -0.4 is 31.8 Å². The molecule has 0 aliphatic carbocycles. The van der Waals surface area contributed by atoms with Gasteiger partial charge in [0.05, 0.1) is 11.1 Å². The number of aromatic nitrogens is 1. The number of carbonyl (C=O) groups excluding carboxylic acids is 2. The van der Waals surface area contributed by atoms with Gasteiger partial charge in [-0.15, -0.1) is 4.83 Å². The summed E-state index contributed by atoms with van der Waals surface area (Å²) in [5.74, 6) is -1.86. The number of rotatable bonds is 5. The van der Waals surface area contributed by atoms with E-state index in [1.807, 2.05) is 4.83 Å². The van der Waals surface area contributed by atoms with E-state index in [1.165, 1.54) is 24.3 Å². The Morgan fingerprint density at radius 2 is 1.62 bits per heavy atom. The normalized spacial score (nSPS) is 10.7. The first kappa shape index (κ1) is 17.2. The SMILES string of the molecule is Nc1ccc(S(=O)(=O)NNC(=O)C(=O)NNc2cccc[nH+]2)cc1. The van der Waals surface area contributed by atoms with Gasteiger partial charge in [-0.25, -0.2) is 13.4 Å². The summed E-state index contributed by atoms with van der Waals surface area (Å²) in [4.78, 5) is 27.6. The number of hydrogen-bond acceptors (Lipinski definition) is 6.